The SMILES string of the molecule is O=C(c1cc2c([nH]c1=O)C[C@@]13CCN(CC4CC4)[C@H](CC4=CC=C(O)CC41)[C@@H]3C2)N1CCS(=O)(=O)CC1. The number of sulfone groups is 1. The van der Waals surface area contributed by atoms with Gasteiger partial charge in [0.15, 0.2) is 9.84 Å². The van der Waals surface area contributed by atoms with Crippen LogP contribution in [0, 0.1) is 23.2 Å². The third-order valence-electron chi connectivity index (χ3n) is 10.2. The Balaban J connectivity index is 1.24. The summed E-state index contributed by atoms with van der Waals surface area (Å²) < 4.78 is 23.7. The molecule has 0 spiro atoms. The standard InChI is InChI=1S/C28H35N3O5S/c32-20-4-3-18-13-25-23-12-19-11-21(27(34)30-7-9-37(35,36)10-8-30)26(33)29-24(19)15-28(23,22(18)14-20)5-6-31(25)16-17-1-2-17/h3-4,11,17,22-23,25,32H,1-2,5-10,12-16H2,(H,29,33)/t22?,23-,25+,28-/m0/s1. The average molecular weight is 526 g/mol. The molecule has 3 heterocycles. The summed E-state index contributed by atoms with van der Waals surface area (Å²) in [7, 11) is -3.11. The van der Waals surface area contributed by atoms with Crippen LogP contribution in [0.5, 0.6) is 0 Å². The molecule has 0 aromatic carbocycles. The van der Waals surface area contributed by atoms with E-state index < -0.39 is 9.84 Å². The highest BCUT2D eigenvalue weighted by molar-refractivity contribution is 7.91. The van der Waals surface area contributed by atoms with E-state index in [0.29, 0.717) is 24.1 Å². The number of aromatic nitrogens is 1. The van der Waals surface area contributed by atoms with Gasteiger partial charge < -0.3 is 15.0 Å². The number of amides is 1. The number of fused-ring (bicyclic) bond motifs is 2. The fourth-order valence-corrected chi connectivity index (χ4v) is 9.30. The van der Waals surface area contributed by atoms with Crippen LogP contribution in [0.1, 0.15) is 53.7 Å². The fraction of sp³-hybridized carbons (Fsp3) is 0.643. The number of pyridine rings is 1. The summed E-state index contributed by atoms with van der Waals surface area (Å²) >= 11 is 0. The lowest BCUT2D eigenvalue weighted by Gasteiger charge is -2.63. The Kier molecular flexibility index (Phi) is 5.32. The largest absolute Gasteiger partial charge is 0.512 e. The first-order valence-corrected chi connectivity index (χ1v) is 15.6. The summed E-state index contributed by atoms with van der Waals surface area (Å²) in [6.45, 7) is 2.50. The van der Waals surface area contributed by atoms with Crippen molar-refractivity contribution in [3.05, 3.63) is 56.7 Å². The quantitative estimate of drug-likeness (QED) is 0.626. The zero-order chi connectivity index (χ0) is 25.5. The Hall–Kier alpha value is -2.39. The summed E-state index contributed by atoms with van der Waals surface area (Å²) in [4.78, 5) is 33.7. The highest BCUT2D eigenvalue weighted by atomic mass is 32.2. The van der Waals surface area contributed by atoms with Gasteiger partial charge in [-0.15, -0.1) is 0 Å². The van der Waals surface area contributed by atoms with Crippen molar-refractivity contribution < 1.29 is 18.3 Å². The smallest absolute Gasteiger partial charge is 0.261 e. The number of aliphatic hydroxyl groups is 1. The predicted molar refractivity (Wildman–Crippen MR) is 139 cm³/mol. The van der Waals surface area contributed by atoms with Crippen molar-refractivity contribution in [1.29, 1.82) is 0 Å². The van der Waals surface area contributed by atoms with Crippen molar-refractivity contribution in [1.82, 2.24) is 14.8 Å². The van der Waals surface area contributed by atoms with Gasteiger partial charge in [0.05, 0.1) is 17.3 Å². The molecule has 7 rings (SSSR count). The maximum absolute atomic E-state index is 13.3. The normalized spacial score (nSPS) is 34.5. The first-order chi connectivity index (χ1) is 17.7. The van der Waals surface area contributed by atoms with Gasteiger partial charge in [-0.3, -0.25) is 14.5 Å². The minimum atomic E-state index is -3.11. The van der Waals surface area contributed by atoms with Gasteiger partial charge in [-0.2, -0.15) is 0 Å². The maximum atomic E-state index is 13.3. The van der Waals surface area contributed by atoms with Gasteiger partial charge in [0, 0.05) is 37.8 Å². The Morgan fingerprint density at radius 3 is 2.65 bits per heavy atom. The number of nitrogens with zero attached hydrogens (tertiary/aromatic N) is 2. The molecule has 37 heavy (non-hydrogen) atoms. The summed E-state index contributed by atoms with van der Waals surface area (Å²) in [6.07, 6.45) is 11.0. The van der Waals surface area contributed by atoms with Crippen molar-refractivity contribution in [3.63, 3.8) is 0 Å². The minimum absolute atomic E-state index is 0.000262. The topological polar surface area (TPSA) is 111 Å². The number of hydrogen-bond donors (Lipinski definition) is 2. The molecular weight excluding hydrogens is 490 g/mol. The van der Waals surface area contributed by atoms with Crippen LogP contribution in [0.4, 0.5) is 0 Å². The van der Waals surface area contributed by atoms with E-state index in [1.807, 2.05) is 6.08 Å². The van der Waals surface area contributed by atoms with Crippen molar-refractivity contribution in [3.8, 4) is 0 Å². The Bertz CT molecular complexity index is 1380. The first kappa shape index (κ1) is 23.7. The third-order valence-corrected chi connectivity index (χ3v) is 11.8. The molecule has 4 atom stereocenters. The van der Waals surface area contributed by atoms with E-state index in [1.165, 1.54) is 23.3 Å². The summed E-state index contributed by atoms with van der Waals surface area (Å²) in [5.41, 5.74) is 3.17. The second kappa shape index (κ2) is 8.30. The predicted octanol–water partition coefficient (Wildman–Crippen LogP) is 2.22. The highest BCUT2D eigenvalue weighted by Crippen LogP contribution is 2.61. The zero-order valence-electron chi connectivity index (χ0n) is 21.1. The van der Waals surface area contributed by atoms with Gasteiger partial charge in [0.25, 0.3) is 11.5 Å². The van der Waals surface area contributed by atoms with E-state index >= 15 is 0 Å². The van der Waals surface area contributed by atoms with Crippen LogP contribution < -0.4 is 5.56 Å². The average Bonchev–Trinajstić information content (AvgIpc) is 3.68. The van der Waals surface area contributed by atoms with E-state index in [0.717, 1.165) is 55.9 Å². The zero-order valence-corrected chi connectivity index (χ0v) is 21.9. The maximum Gasteiger partial charge on any atom is 0.261 e. The fourth-order valence-electron chi connectivity index (χ4n) is 8.10. The van der Waals surface area contributed by atoms with Gasteiger partial charge >= 0.3 is 0 Å². The number of aromatic amines is 1. The van der Waals surface area contributed by atoms with Crippen molar-refractivity contribution in [2.24, 2.45) is 23.2 Å². The second-order valence-corrected chi connectivity index (χ2v) is 14.6. The molecule has 2 saturated carbocycles. The van der Waals surface area contributed by atoms with Gasteiger partial charge in [0.1, 0.15) is 5.56 Å². The number of carbonyl (C=O) groups is 1. The lowest BCUT2D eigenvalue weighted by atomic mass is 9.47. The van der Waals surface area contributed by atoms with E-state index in [1.54, 1.807) is 6.07 Å². The Morgan fingerprint density at radius 2 is 1.89 bits per heavy atom. The Morgan fingerprint density at radius 1 is 1.11 bits per heavy atom. The number of carbonyl (C=O) groups excluding carboxylic acids is 1. The molecule has 2 aliphatic heterocycles. The molecule has 1 aromatic heterocycles. The lowest BCUT2D eigenvalue weighted by molar-refractivity contribution is -0.0820. The minimum Gasteiger partial charge on any atom is -0.512 e. The molecule has 4 fully saturated rings. The number of aliphatic hydroxyl groups excluding tert-OH is 1. The van der Waals surface area contributed by atoms with E-state index in [9.17, 15) is 23.1 Å². The molecule has 2 bridgehead atoms. The van der Waals surface area contributed by atoms with Crippen molar-refractivity contribution in [2.75, 3.05) is 37.7 Å². The Labute approximate surface area is 217 Å². The van der Waals surface area contributed by atoms with E-state index in [4.69, 9.17) is 0 Å². The van der Waals surface area contributed by atoms with E-state index in [-0.39, 0.29) is 53.0 Å². The van der Waals surface area contributed by atoms with Gasteiger partial charge in [-0.1, -0.05) is 11.6 Å². The number of H-pyrrole nitrogens is 1. The number of allylic oxidation sites excluding steroid dienone is 3. The van der Waals surface area contributed by atoms with Crippen LogP contribution in [-0.2, 0) is 22.7 Å². The van der Waals surface area contributed by atoms with Gasteiger partial charge in [-0.25, -0.2) is 8.42 Å². The molecule has 6 aliphatic rings. The monoisotopic (exact) mass is 525 g/mol. The second-order valence-electron chi connectivity index (χ2n) is 12.3. The number of nitrogens with one attached hydrogen (secondary N) is 1. The van der Waals surface area contributed by atoms with Crippen LogP contribution >= 0.6 is 0 Å². The number of likely N-dealkylation sites (tertiary alicyclic amines) is 1. The molecule has 2 N–H and O–H groups in total. The molecule has 9 heteroatoms. The lowest BCUT2D eigenvalue weighted by Crippen LogP contribution is -2.63. The molecule has 1 aromatic rings. The molecule has 1 amide bonds. The molecule has 8 nitrogen and oxygen atoms in total. The molecule has 0 radical (unpaired) electrons. The summed E-state index contributed by atoms with van der Waals surface area (Å²) in [6, 6.07) is 2.24. The van der Waals surface area contributed by atoms with Crippen LogP contribution in [0.2, 0.25) is 0 Å². The van der Waals surface area contributed by atoms with Crippen LogP contribution in [0.3, 0.4) is 0 Å². The molecule has 4 aliphatic carbocycles. The van der Waals surface area contributed by atoms with Gasteiger partial charge in [-0.05, 0) is 85.9 Å². The highest BCUT2D eigenvalue weighted by Gasteiger charge is 2.59. The van der Waals surface area contributed by atoms with Crippen molar-refractivity contribution in [2.45, 2.75) is 51.0 Å². The van der Waals surface area contributed by atoms with E-state index in [2.05, 4.69) is 16.0 Å². The molecule has 198 valence electrons. The number of piperidine rings is 1. The van der Waals surface area contributed by atoms with Crippen LogP contribution in [0.15, 0.2) is 34.3 Å². The summed E-state index contributed by atoms with van der Waals surface area (Å²) in [5.74, 6) is 1.49. The molecule has 1 unspecified atom stereocenters. The molecular formula is C28H35N3O5S. The van der Waals surface area contributed by atoms with Gasteiger partial charge in [0.2, 0.25) is 0 Å². The first-order valence-electron chi connectivity index (χ1n) is 13.8. The van der Waals surface area contributed by atoms with Crippen molar-refractivity contribution >= 4 is 15.7 Å². The van der Waals surface area contributed by atoms with Crippen LogP contribution in [-0.4, -0.2) is 77.9 Å². The number of rotatable bonds is 3. The van der Waals surface area contributed by atoms with Crippen LogP contribution in [0.25, 0.3) is 0 Å². The number of hydrogen-bond acceptors (Lipinski definition) is 6. The molecule has 2 saturated heterocycles. The summed E-state index contributed by atoms with van der Waals surface area (Å²) in [5, 5.41) is 10.5. The third kappa shape index (κ3) is 3.92.